The van der Waals surface area contributed by atoms with Crippen LogP contribution in [-0.2, 0) is 76.0 Å². The number of aliphatic hydroxyl groups excluding tert-OH is 3. The Morgan fingerprint density at radius 3 is 2.34 bits per heavy atom. The number of aliphatic hydroxyl groups is 3. The summed E-state index contributed by atoms with van der Waals surface area (Å²) in [5.41, 5.74) is 4.05. The van der Waals surface area contributed by atoms with Crippen LogP contribution in [-0.4, -0.2) is 191 Å². The second-order valence-electron chi connectivity index (χ2n) is 27.1. The number of pyridine rings is 1. The number of nitrogens with zero attached hydrogens (tertiary/aromatic N) is 7. The summed E-state index contributed by atoms with van der Waals surface area (Å²) in [5.74, 6) is -5.49. The number of hydrogen-bond acceptors (Lipinski definition) is 21. The van der Waals surface area contributed by atoms with Crippen LogP contribution in [0.25, 0.3) is 21.3 Å². The molecule has 1 saturated heterocycles. The first-order valence-corrected chi connectivity index (χ1v) is 34.3. The van der Waals surface area contributed by atoms with Crippen LogP contribution in [0.15, 0.2) is 91.1 Å². The maximum atomic E-state index is 14.2. The highest BCUT2D eigenvalue weighted by Gasteiger charge is 2.66. The third kappa shape index (κ3) is 14.8. The molecule has 7 atom stereocenters. The molecule has 4 aliphatic carbocycles. The standard InChI is InChI=1S/C67H75N9O19S2/c1-38-44(42-15-16-49(71-53(42)59(83)84)74-21-19-40-9-6-10-43(45(40)28-74)58(82)72-62-70-46-11-4-5-12-48(46)96-62)27-69-76(38)37-66-32-64(2)31-65(3,33-66)35-67(34-64,36-66)93-24-22-73(23-25-97(89,90)91)63(88)92-30-41-14-13-39(8-7-20-68-50(77)29-75-51(78)17-18-52(75)79)26-47(41)94-57-55(81)54(80)56(60(85)86)95-61(57)87/h4-6,9-18,26-27,54-57,61,80-81,87H,7-8,19-25,28-37H2,1-3H3,(H,68,77)(H,83,84)(H,85,86)(H,70,72,82)(H,89,90,91)/t54-,55-,56-,57+,61+,64?,65?,66?,67?/m0/s1. The molecule has 2 unspecified atom stereocenters. The number of carboxylic acids is 2. The summed E-state index contributed by atoms with van der Waals surface area (Å²) in [6, 6.07) is 21.4. The fourth-order valence-corrected chi connectivity index (χ4v) is 17.5. The number of thiazole rings is 1. The predicted molar refractivity (Wildman–Crippen MR) is 348 cm³/mol. The van der Waals surface area contributed by atoms with Gasteiger partial charge < -0.3 is 59.6 Å². The molecule has 6 heterocycles. The number of nitrogens with one attached hydrogen (secondary N) is 2. The lowest BCUT2D eigenvalue weighted by Crippen LogP contribution is -2.64. The number of aromatic carboxylic acids is 1. The van der Waals surface area contributed by atoms with Gasteiger partial charge in [-0.1, -0.05) is 61.6 Å². The van der Waals surface area contributed by atoms with Crippen LogP contribution in [0.2, 0.25) is 0 Å². The van der Waals surface area contributed by atoms with Crippen molar-refractivity contribution < 1.29 is 91.0 Å². The van der Waals surface area contributed by atoms with E-state index < -0.39 is 108 Å². The van der Waals surface area contributed by atoms with Gasteiger partial charge in [-0.05, 0) is 134 Å². The van der Waals surface area contributed by atoms with Crippen molar-refractivity contribution in [2.45, 2.75) is 135 Å². The fourth-order valence-electron chi connectivity index (χ4n) is 16.2. The molecular weight excluding hydrogens is 1300 g/mol. The summed E-state index contributed by atoms with van der Waals surface area (Å²) in [4.78, 5) is 103. The van der Waals surface area contributed by atoms with Gasteiger partial charge in [0.2, 0.25) is 5.91 Å². The normalized spacial score (nSPS) is 25.7. The zero-order valence-electron chi connectivity index (χ0n) is 53.4. The Bertz CT molecular complexity index is 4200. The van der Waals surface area contributed by atoms with Crippen molar-refractivity contribution in [3.63, 3.8) is 0 Å². The van der Waals surface area contributed by atoms with Crippen LogP contribution in [0.3, 0.4) is 0 Å². The molecule has 0 radical (unpaired) electrons. The van der Waals surface area contributed by atoms with E-state index in [0.29, 0.717) is 84.9 Å². The van der Waals surface area contributed by atoms with Crippen LogP contribution < -0.4 is 20.3 Å². The number of benzene rings is 3. The number of imide groups is 1. The minimum absolute atomic E-state index is 0.0630. The van der Waals surface area contributed by atoms with Crippen molar-refractivity contribution in [2.75, 3.05) is 55.3 Å². The summed E-state index contributed by atoms with van der Waals surface area (Å²) < 4.78 is 61.0. The smallest absolute Gasteiger partial charge is 0.410 e. The van der Waals surface area contributed by atoms with E-state index in [1.165, 1.54) is 23.5 Å². The highest BCUT2D eigenvalue weighted by atomic mass is 32.2. The van der Waals surface area contributed by atoms with Gasteiger partial charge in [0, 0.05) is 79.4 Å². The maximum Gasteiger partial charge on any atom is 0.410 e. The van der Waals surface area contributed by atoms with Crippen molar-refractivity contribution in [1.29, 1.82) is 0 Å². The molecule has 30 heteroatoms. The first-order chi connectivity index (χ1) is 46.1. The van der Waals surface area contributed by atoms with Crippen LogP contribution in [0.1, 0.15) is 108 Å². The van der Waals surface area contributed by atoms with Crippen molar-refractivity contribution >= 4 is 84.3 Å². The first-order valence-electron chi connectivity index (χ1n) is 31.9. The van der Waals surface area contributed by atoms with Crippen LogP contribution in [0.4, 0.5) is 15.7 Å². The molecule has 4 bridgehead atoms. The minimum Gasteiger partial charge on any atom is -0.482 e. The van der Waals surface area contributed by atoms with Crippen molar-refractivity contribution in [1.82, 2.24) is 34.9 Å². The lowest BCUT2D eigenvalue weighted by Gasteiger charge is -2.69. The molecular formula is C67H75N9O19S2. The van der Waals surface area contributed by atoms with Crippen LogP contribution in [0, 0.1) is 23.2 Å². The molecule has 5 amide bonds. The van der Waals surface area contributed by atoms with E-state index >= 15 is 0 Å². The summed E-state index contributed by atoms with van der Waals surface area (Å²) in [6.45, 7) is 6.10. The van der Waals surface area contributed by atoms with Crippen LogP contribution in [0.5, 0.6) is 5.75 Å². The number of amides is 5. The average Bonchev–Trinajstić information content (AvgIpc) is 1.14. The summed E-state index contributed by atoms with van der Waals surface area (Å²) in [5, 5.41) is 63.8. The van der Waals surface area contributed by atoms with Gasteiger partial charge in [0.05, 0.1) is 34.4 Å². The molecule has 3 aromatic heterocycles. The number of aryl methyl sites for hydroxylation is 1. The Balaban J connectivity index is 0.716. The van der Waals surface area contributed by atoms with E-state index in [4.69, 9.17) is 29.0 Å². The van der Waals surface area contributed by atoms with Crippen LogP contribution >= 0.6 is 11.3 Å². The van der Waals surface area contributed by atoms with E-state index in [-0.39, 0.29) is 65.3 Å². The summed E-state index contributed by atoms with van der Waals surface area (Å²) in [7, 11) is -4.61. The molecule has 7 aliphatic rings. The lowest BCUT2D eigenvalue weighted by molar-refractivity contribution is -0.274. The van der Waals surface area contributed by atoms with Gasteiger partial charge in [-0.25, -0.2) is 24.4 Å². The van der Waals surface area contributed by atoms with E-state index in [9.17, 15) is 72.1 Å². The molecule has 5 fully saturated rings. The predicted octanol–water partition coefficient (Wildman–Crippen LogP) is 5.28. The maximum absolute atomic E-state index is 14.2. The first kappa shape index (κ1) is 68.2. The molecule has 97 heavy (non-hydrogen) atoms. The molecule has 13 rings (SSSR count). The number of carbonyl (C=O) groups is 7. The number of carbonyl (C=O) groups excluding carboxylic acids is 5. The number of ether oxygens (including phenoxy) is 4. The number of fused-ring (bicyclic) bond motifs is 2. The highest BCUT2D eigenvalue weighted by molar-refractivity contribution is 7.85. The number of rotatable bonds is 25. The SMILES string of the molecule is Cc1c(-c2ccc(N3CCc4cccc(C(=O)Nc5nc6ccccc6s5)c4C3)nc2C(=O)O)cnn1CC12CC3(C)CC(C)(C1)CC(OCCN(CCS(=O)(=O)O)C(=O)OCc1ccc(CCCNC(=O)CN4C(=O)C=CC4=O)cc1O[C@@H]1[C@@H](O)[C@H](O)[C@@H](C(=O)O)O[C@H]1O)(C3)C2. The van der Waals surface area contributed by atoms with E-state index in [1.54, 1.807) is 30.5 Å². The topological polar surface area (TPSA) is 389 Å². The molecule has 3 aliphatic heterocycles. The number of para-hydroxylation sites is 1. The van der Waals surface area contributed by atoms with Gasteiger partial charge in [-0.2, -0.15) is 13.5 Å². The number of anilines is 2. The molecule has 4 saturated carbocycles. The summed E-state index contributed by atoms with van der Waals surface area (Å²) in [6.07, 6.45) is -1.24. The van der Waals surface area contributed by atoms with Gasteiger partial charge in [0.25, 0.3) is 27.8 Å². The third-order valence-electron chi connectivity index (χ3n) is 19.3. The molecule has 8 N–H and O–H groups in total. The largest absolute Gasteiger partial charge is 0.482 e. The van der Waals surface area contributed by atoms with Gasteiger partial charge in [-0.3, -0.25) is 38.6 Å². The summed E-state index contributed by atoms with van der Waals surface area (Å²) >= 11 is 1.39. The van der Waals surface area contributed by atoms with E-state index in [1.807, 2.05) is 52.9 Å². The molecule has 514 valence electrons. The van der Waals surface area contributed by atoms with Crippen molar-refractivity contribution in [3.8, 4) is 16.9 Å². The Morgan fingerprint density at radius 1 is 0.866 bits per heavy atom. The molecule has 3 aromatic carbocycles. The fraction of sp³-hybridized carbons (Fsp3) is 0.463. The Morgan fingerprint density at radius 2 is 1.62 bits per heavy atom. The Labute approximate surface area is 560 Å². The number of hydrogen-bond donors (Lipinski definition) is 8. The monoisotopic (exact) mass is 1370 g/mol. The zero-order valence-corrected chi connectivity index (χ0v) is 55.1. The number of aliphatic carboxylic acids is 1. The van der Waals surface area contributed by atoms with Crippen molar-refractivity contribution in [2.24, 2.45) is 16.2 Å². The van der Waals surface area contributed by atoms with Gasteiger partial charge in [0.1, 0.15) is 36.9 Å². The number of aromatic nitrogens is 4. The zero-order chi connectivity index (χ0) is 68.9. The van der Waals surface area contributed by atoms with Gasteiger partial charge in [0.15, 0.2) is 29.3 Å². The third-order valence-corrected chi connectivity index (χ3v) is 21.0. The average molecular weight is 1370 g/mol. The minimum atomic E-state index is -4.61. The molecule has 28 nitrogen and oxygen atoms in total. The highest BCUT2D eigenvalue weighted by Crippen LogP contribution is 2.72. The Kier molecular flexibility index (Phi) is 18.9. The molecule has 6 aromatic rings. The second-order valence-corrected chi connectivity index (χ2v) is 29.7. The van der Waals surface area contributed by atoms with E-state index in [0.717, 1.165) is 68.3 Å². The van der Waals surface area contributed by atoms with Gasteiger partial charge in [-0.15, -0.1) is 0 Å². The lowest BCUT2D eigenvalue weighted by atomic mass is 9.39. The quantitative estimate of drug-likeness (QED) is 0.0205. The second kappa shape index (κ2) is 26.9. The Hall–Kier alpha value is -8.75. The van der Waals surface area contributed by atoms with Gasteiger partial charge >= 0.3 is 18.0 Å². The van der Waals surface area contributed by atoms with Crippen molar-refractivity contribution in [3.05, 3.63) is 130 Å². The number of carboxylic acid groups (broad SMARTS) is 2. The van der Waals surface area contributed by atoms with E-state index in [2.05, 4.69) is 29.5 Å². The molecule has 0 spiro atoms.